The van der Waals surface area contributed by atoms with E-state index in [9.17, 15) is 22.8 Å². The van der Waals surface area contributed by atoms with E-state index in [0.717, 1.165) is 23.9 Å². The van der Waals surface area contributed by atoms with E-state index >= 15 is 0 Å². The predicted octanol–water partition coefficient (Wildman–Crippen LogP) is 4.18. The van der Waals surface area contributed by atoms with E-state index in [2.05, 4.69) is 15.6 Å². The van der Waals surface area contributed by atoms with Crippen LogP contribution in [-0.4, -0.2) is 32.8 Å². The lowest BCUT2D eigenvalue weighted by Crippen LogP contribution is -2.48. The molecular formula is C18H23F3N4O2S. The largest absolute Gasteiger partial charge is 0.416 e. The number of rotatable bonds is 5. The Hall–Kier alpha value is -2.23. The first-order chi connectivity index (χ1) is 12.9. The van der Waals surface area contributed by atoms with Gasteiger partial charge in [0.15, 0.2) is 5.16 Å². The van der Waals surface area contributed by atoms with Crippen molar-refractivity contribution in [2.75, 3.05) is 5.75 Å². The van der Waals surface area contributed by atoms with E-state index in [0.29, 0.717) is 29.2 Å². The van der Waals surface area contributed by atoms with Crippen molar-refractivity contribution in [3.05, 3.63) is 23.8 Å². The van der Waals surface area contributed by atoms with E-state index in [1.54, 1.807) is 25.3 Å². The maximum Gasteiger partial charge on any atom is 0.416 e. The SMILES string of the molecule is CCCn1c(SCC(=O)NC(=O)NC(C)(C)C)nc2ccc(C(F)(F)F)cc21. The number of aromatic nitrogens is 2. The summed E-state index contributed by atoms with van der Waals surface area (Å²) in [7, 11) is 0. The van der Waals surface area contributed by atoms with Crippen molar-refractivity contribution in [3.63, 3.8) is 0 Å². The van der Waals surface area contributed by atoms with E-state index < -0.39 is 29.2 Å². The quantitative estimate of drug-likeness (QED) is 0.717. The van der Waals surface area contributed by atoms with Gasteiger partial charge < -0.3 is 9.88 Å². The number of aryl methyl sites for hydroxylation is 1. The molecule has 0 radical (unpaired) electrons. The number of imide groups is 1. The lowest BCUT2D eigenvalue weighted by Gasteiger charge is -2.20. The highest BCUT2D eigenvalue weighted by Gasteiger charge is 2.31. The summed E-state index contributed by atoms with van der Waals surface area (Å²) in [5.74, 6) is -0.602. The van der Waals surface area contributed by atoms with Crippen molar-refractivity contribution < 1.29 is 22.8 Å². The van der Waals surface area contributed by atoms with Gasteiger partial charge in [0.1, 0.15) is 0 Å². The van der Waals surface area contributed by atoms with Crippen LogP contribution in [0.5, 0.6) is 0 Å². The Bertz CT molecular complexity index is 872. The number of carbonyl (C=O) groups excluding carboxylic acids is 2. The Balaban J connectivity index is 2.16. The second-order valence-electron chi connectivity index (χ2n) is 7.29. The number of nitrogens with one attached hydrogen (secondary N) is 2. The lowest BCUT2D eigenvalue weighted by molar-refractivity contribution is -0.137. The maximum absolute atomic E-state index is 13.0. The number of halogens is 3. The van der Waals surface area contributed by atoms with Gasteiger partial charge in [-0.25, -0.2) is 9.78 Å². The molecule has 0 bridgehead atoms. The molecular weight excluding hydrogens is 393 g/mol. The molecule has 0 fully saturated rings. The van der Waals surface area contributed by atoms with Crippen LogP contribution >= 0.6 is 11.8 Å². The number of imidazole rings is 1. The first kappa shape index (κ1) is 22.1. The van der Waals surface area contributed by atoms with Crippen molar-refractivity contribution >= 4 is 34.7 Å². The minimum absolute atomic E-state index is 0.0866. The predicted molar refractivity (Wildman–Crippen MR) is 102 cm³/mol. The fraction of sp³-hybridized carbons (Fsp3) is 0.500. The van der Waals surface area contributed by atoms with Gasteiger partial charge in [-0.15, -0.1) is 0 Å². The van der Waals surface area contributed by atoms with Crippen LogP contribution in [0.15, 0.2) is 23.4 Å². The maximum atomic E-state index is 13.0. The van der Waals surface area contributed by atoms with Crippen LogP contribution in [0.4, 0.5) is 18.0 Å². The summed E-state index contributed by atoms with van der Waals surface area (Å²) < 4.78 is 40.7. The van der Waals surface area contributed by atoms with Gasteiger partial charge in [-0.05, 0) is 45.4 Å². The number of fused-ring (bicyclic) bond motifs is 1. The third kappa shape index (κ3) is 5.88. The Morgan fingerprint density at radius 2 is 1.89 bits per heavy atom. The average molecular weight is 416 g/mol. The average Bonchev–Trinajstić information content (AvgIpc) is 2.88. The van der Waals surface area contributed by atoms with Crippen molar-refractivity contribution in [2.24, 2.45) is 0 Å². The molecule has 2 aromatic rings. The monoisotopic (exact) mass is 416 g/mol. The molecule has 2 N–H and O–H groups in total. The smallest absolute Gasteiger partial charge is 0.333 e. The Labute approximate surface area is 165 Å². The molecule has 28 heavy (non-hydrogen) atoms. The van der Waals surface area contributed by atoms with Crippen LogP contribution < -0.4 is 10.6 Å². The molecule has 0 unspecified atom stereocenters. The third-order valence-corrected chi connectivity index (χ3v) is 4.54. The minimum atomic E-state index is -4.44. The number of hydrogen-bond acceptors (Lipinski definition) is 4. The van der Waals surface area contributed by atoms with Crippen LogP contribution in [0.2, 0.25) is 0 Å². The van der Waals surface area contributed by atoms with Gasteiger partial charge in [-0.2, -0.15) is 13.2 Å². The van der Waals surface area contributed by atoms with Crippen LogP contribution in [-0.2, 0) is 17.5 Å². The Morgan fingerprint density at radius 1 is 1.21 bits per heavy atom. The van der Waals surface area contributed by atoms with Crippen LogP contribution in [0.25, 0.3) is 11.0 Å². The van der Waals surface area contributed by atoms with Crippen molar-refractivity contribution in [1.82, 2.24) is 20.2 Å². The second kappa shape index (κ2) is 8.42. The molecule has 0 saturated heterocycles. The Kier molecular flexibility index (Phi) is 6.63. The molecule has 154 valence electrons. The molecule has 2 rings (SSSR count). The van der Waals surface area contributed by atoms with Gasteiger partial charge in [0.2, 0.25) is 5.91 Å². The second-order valence-corrected chi connectivity index (χ2v) is 8.23. The van der Waals surface area contributed by atoms with Gasteiger partial charge in [-0.3, -0.25) is 10.1 Å². The molecule has 0 aliphatic rings. The zero-order chi connectivity index (χ0) is 21.1. The first-order valence-electron chi connectivity index (χ1n) is 8.73. The van der Waals surface area contributed by atoms with E-state index in [4.69, 9.17) is 0 Å². The highest BCUT2D eigenvalue weighted by Crippen LogP contribution is 2.33. The molecule has 0 aliphatic heterocycles. The van der Waals surface area contributed by atoms with Gasteiger partial charge >= 0.3 is 12.2 Å². The van der Waals surface area contributed by atoms with Gasteiger partial charge in [0.05, 0.1) is 22.3 Å². The highest BCUT2D eigenvalue weighted by molar-refractivity contribution is 7.99. The number of hydrogen-bond donors (Lipinski definition) is 2. The summed E-state index contributed by atoms with van der Waals surface area (Å²) in [6.07, 6.45) is -3.75. The molecule has 3 amide bonds. The van der Waals surface area contributed by atoms with Gasteiger partial charge in [0.25, 0.3) is 0 Å². The third-order valence-electron chi connectivity index (χ3n) is 3.56. The standard InChI is InChI=1S/C18H23F3N4O2S/c1-5-8-25-13-9-11(18(19,20)21)6-7-12(13)22-16(25)28-10-14(26)23-15(27)24-17(2,3)4/h6-7,9H,5,8,10H2,1-4H3,(H2,23,24,26,27). The summed E-state index contributed by atoms with van der Waals surface area (Å²) in [5.41, 5.74) is -0.437. The van der Waals surface area contributed by atoms with E-state index in [-0.39, 0.29) is 5.75 Å². The molecule has 6 nitrogen and oxygen atoms in total. The van der Waals surface area contributed by atoms with Crippen LogP contribution in [0, 0.1) is 0 Å². The lowest BCUT2D eigenvalue weighted by atomic mass is 10.1. The number of benzene rings is 1. The summed E-state index contributed by atoms with van der Waals surface area (Å²) in [6, 6.07) is 2.78. The minimum Gasteiger partial charge on any atom is -0.333 e. The van der Waals surface area contributed by atoms with Gasteiger partial charge in [0, 0.05) is 12.1 Å². The molecule has 0 atom stereocenters. The van der Waals surface area contributed by atoms with Crippen molar-refractivity contribution in [1.29, 1.82) is 0 Å². The number of alkyl halides is 3. The normalized spacial score (nSPS) is 12.2. The van der Waals surface area contributed by atoms with Crippen molar-refractivity contribution in [2.45, 2.75) is 57.5 Å². The zero-order valence-corrected chi connectivity index (χ0v) is 16.9. The molecule has 0 aliphatic carbocycles. The van der Waals surface area contributed by atoms with Crippen molar-refractivity contribution in [3.8, 4) is 0 Å². The van der Waals surface area contributed by atoms with E-state index in [1.165, 1.54) is 6.07 Å². The molecule has 1 aromatic carbocycles. The highest BCUT2D eigenvalue weighted by atomic mass is 32.2. The first-order valence-corrected chi connectivity index (χ1v) is 9.71. The number of carbonyl (C=O) groups is 2. The summed E-state index contributed by atoms with van der Waals surface area (Å²) >= 11 is 1.07. The van der Waals surface area contributed by atoms with Gasteiger partial charge in [-0.1, -0.05) is 18.7 Å². The van der Waals surface area contributed by atoms with Crippen LogP contribution in [0.3, 0.4) is 0 Å². The number of urea groups is 1. The fourth-order valence-electron chi connectivity index (χ4n) is 2.49. The molecule has 10 heteroatoms. The Morgan fingerprint density at radius 3 is 2.46 bits per heavy atom. The molecule has 0 spiro atoms. The number of thioether (sulfide) groups is 1. The van der Waals surface area contributed by atoms with E-state index in [1.807, 2.05) is 6.92 Å². The van der Waals surface area contributed by atoms with Crippen LogP contribution in [0.1, 0.15) is 39.7 Å². The number of amides is 3. The molecule has 1 heterocycles. The topological polar surface area (TPSA) is 76.0 Å². The zero-order valence-electron chi connectivity index (χ0n) is 16.1. The fourth-order valence-corrected chi connectivity index (χ4v) is 3.33. The summed E-state index contributed by atoms with van der Waals surface area (Å²) in [5, 5.41) is 5.27. The molecule has 1 aromatic heterocycles. The summed E-state index contributed by atoms with van der Waals surface area (Å²) in [4.78, 5) is 28.1. The summed E-state index contributed by atoms with van der Waals surface area (Å²) in [6.45, 7) is 7.72. The molecule has 0 saturated carbocycles. The number of nitrogens with zero attached hydrogens (tertiary/aromatic N) is 2.